The second-order valence-electron chi connectivity index (χ2n) is 7.71. The third-order valence-electron chi connectivity index (χ3n) is 6.01. The number of methoxy groups -OCH3 is 2. The van der Waals surface area contributed by atoms with E-state index in [0.717, 1.165) is 59.2 Å². The highest BCUT2D eigenvalue weighted by Crippen LogP contribution is 2.40. The Morgan fingerprint density at radius 3 is 2.70 bits per heavy atom. The zero-order chi connectivity index (χ0) is 21.3. The molecule has 1 saturated heterocycles. The fraction of sp³-hybridized carbons (Fsp3) is 0.375. The van der Waals surface area contributed by atoms with Crippen LogP contribution in [-0.4, -0.2) is 36.1 Å². The molecule has 0 spiro atoms. The van der Waals surface area contributed by atoms with Gasteiger partial charge in [0.2, 0.25) is 0 Å². The van der Waals surface area contributed by atoms with Crippen LogP contribution in [0.4, 0.5) is 0 Å². The largest absolute Gasteiger partial charge is 0.497 e. The molecule has 0 aliphatic carbocycles. The van der Waals surface area contributed by atoms with Gasteiger partial charge in [0.1, 0.15) is 17.3 Å². The van der Waals surface area contributed by atoms with Gasteiger partial charge in [0.05, 0.1) is 38.6 Å². The first kappa shape index (κ1) is 20.1. The minimum Gasteiger partial charge on any atom is -0.497 e. The zero-order valence-corrected chi connectivity index (χ0v) is 18.0. The van der Waals surface area contributed by atoms with Crippen molar-refractivity contribution in [1.29, 1.82) is 0 Å². The van der Waals surface area contributed by atoms with Crippen LogP contribution in [0.15, 0.2) is 47.1 Å². The smallest absolute Gasteiger partial charge is 0.256 e. The second-order valence-corrected chi connectivity index (χ2v) is 7.71. The van der Waals surface area contributed by atoms with E-state index < -0.39 is 0 Å². The van der Waals surface area contributed by atoms with Gasteiger partial charge >= 0.3 is 0 Å². The summed E-state index contributed by atoms with van der Waals surface area (Å²) in [6.07, 6.45) is 3.54. The van der Waals surface area contributed by atoms with E-state index in [4.69, 9.17) is 13.9 Å². The maximum absolute atomic E-state index is 13.6. The third-order valence-corrected chi connectivity index (χ3v) is 6.01. The van der Waals surface area contributed by atoms with Gasteiger partial charge in [0.25, 0.3) is 5.91 Å². The first-order chi connectivity index (χ1) is 14.5. The normalized spacial score (nSPS) is 16.1. The summed E-state index contributed by atoms with van der Waals surface area (Å²) in [5, 5.41) is 0. The number of likely N-dealkylation sites (tertiary alicyclic amines) is 1. The summed E-state index contributed by atoms with van der Waals surface area (Å²) >= 11 is 0. The summed E-state index contributed by atoms with van der Waals surface area (Å²) in [4.78, 5) is 15.6. The van der Waals surface area contributed by atoms with Crippen molar-refractivity contribution in [2.75, 3.05) is 20.8 Å². The highest BCUT2D eigenvalue weighted by Gasteiger charge is 2.34. The summed E-state index contributed by atoms with van der Waals surface area (Å²) in [5.74, 6) is 2.47. The fourth-order valence-corrected chi connectivity index (χ4v) is 4.41. The molecule has 0 radical (unpaired) electrons. The van der Waals surface area contributed by atoms with Gasteiger partial charge in [-0.1, -0.05) is 0 Å². The fourth-order valence-electron chi connectivity index (χ4n) is 4.41. The molecule has 1 atom stereocenters. The minimum absolute atomic E-state index is 0.0318. The Morgan fingerprint density at radius 1 is 1.17 bits per heavy atom. The molecule has 3 heterocycles. The molecule has 1 aromatic carbocycles. The average Bonchev–Trinajstić information content (AvgIpc) is 3.50. The van der Waals surface area contributed by atoms with Crippen molar-refractivity contribution < 1.29 is 18.7 Å². The van der Waals surface area contributed by atoms with Crippen LogP contribution in [-0.2, 0) is 6.54 Å². The molecule has 0 saturated carbocycles. The Labute approximate surface area is 177 Å². The minimum atomic E-state index is -0.0318. The summed E-state index contributed by atoms with van der Waals surface area (Å²) in [6.45, 7) is 5.37. The molecule has 4 rings (SSSR count). The van der Waals surface area contributed by atoms with E-state index in [0.29, 0.717) is 6.54 Å². The number of rotatable bonds is 6. The quantitative estimate of drug-likeness (QED) is 0.591. The van der Waals surface area contributed by atoms with Crippen molar-refractivity contribution in [1.82, 2.24) is 9.47 Å². The predicted molar refractivity (Wildman–Crippen MR) is 114 cm³/mol. The summed E-state index contributed by atoms with van der Waals surface area (Å²) in [5.41, 5.74) is 3.74. The lowest BCUT2D eigenvalue weighted by Crippen LogP contribution is -2.31. The molecule has 1 fully saturated rings. The average molecular weight is 408 g/mol. The van der Waals surface area contributed by atoms with E-state index in [-0.39, 0.29) is 11.9 Å². The summed E-state index contributed by atoms with van der Waals surface area (Å²) in [6, 6.07) is 11.6. The maximum atomic E-state index is 13.6. The third kappa shape index (κ3) is 3.58. The molecule has 158 valence electrons. The van der Waals surface area contributed by atoms with Crippen molar-refractivity contribution in [3.8, 4) is 11.5 Å². The van der Waals surface area contributed by atoms with Crippen LogP contribution in [0.5, 0.6) is 11.5 Å². The molecule has 3 aromatic rings. The van der Waals surface area contributed by atoms with E-state index in [1.807, 2.05) is 55.1 Å². The topological polar surface area (TPSA) is 56.8 Å². The number of amides is 1. The number of nitrogens with zero attached hydrogens (tertiary/aromatic N) is 2. The monoisotopic (exact) mass is 408 g/mol. The maximum Gasteiger partial charge on any atom is 0.256 e. The van der Waals surface area contributed by atoms with Crippen LogP contribution in [0.3, 0.4) is 0 Å². The van der Waals surface area contributed by atoms with Gasteiger partial charge in [-0.2, -0.15) is 0 Å². The summed E-state index contributed by atoms with van der Waals surface area (Å²) < 4.78 is 18.6. The lowest BCUT2D eigenvalue weighted by Gasteiger charge is -2.27. The molecule has 0 unspecified atom stereocenters. The Hall–Kier alpha value is -3.15. The van der Waals surface area contributed by atoms with Crippen molar-refractivity contribution in [3.63, 3.8) is 0 Å². The van der Waals surface area contributed by atoms with Gasteiger partial charge in [0, 0.05) is 23.5 Å². The van der Waals surface area contributed by atoms with E-state index in [9.17, 15) is 4.79 Å². The number of ether oxygens (including phenoxy) is 2. The second kappa shape index (κ2) is 8.30. The Kier molecular flexibility index (Phi) is 5.57. The van der Waals surface area contributed by atoms with Crippen LogP contribution in [0, 0.1) is 13.8 Å². The van der Waals surface area contributed by atoms with Gasteiger partial charge in [-0.3, -0.25) is 4.79 Å². The number of carbonyl (C=O) groups excluding carboxylic acids is 1. The van der Waals surface area contributed by atoms with Crippen LogP contribution in [0.2, 0.25) is 0 Å². The van der Waals surface area contributed by atoms with Gasteiger partial charge in [-0.25, -0.2) is 0 Å². The van der Waals surface area contributed by atoms with Crippen LogP contribution >= 0.6 is 0 Å². The van der Waals surface area contributed by atoms with Crippen molar-refractivity contribution in [2.45, 2.75) is 39.3 Å². The van der Waals surface area contributed by atoms with E-state index in [1.165, 1.54) is 0 Å². The lowest BCUT2D eigenvalue weighted by atomic mass is 10.0. The van der Waals surface area contributed by atoms with Crippen molar-refractivity contribution in [3.05, 3.63) is 70.9 Å². The Balaban J connectivity index is 1.65. The molecule has 30 heavy (non-hydrogen) atoms. The molecule has 6 heteroatoms. The van der Waals surface area contributed by atoms with Crippen LogP contribution in [0.25, 0.3) is 0 Å². The molecular weight excluding hydrogens is 380 g/mol. The number of benzene rings is 1. The van der Waals surface area contributed by atoms with Crippen molar-refractivity contribution >= 4 is 5.91 Å². The van der Waals surface area contributed by atoms with Crippen LogP contribution < -0.4 is 9.47 Å². The molecule has 0 bridgehead atoms. The highest BCUT2D eigenvalue weighted by molar-refractivity contribution is 5.96. The number of aryl methyl sites for hydroxylation is 1. The first-order valence-electron chi connectivity index (χ1n) is 10.3. The first-order valence-corrected chi connectivity index (χ1v) is 10.3. The number of aromatic nitrogens is 1. The van der Waals surface area contributed by atoms with Gasteiger partial charge in [-0.05, 0) is 63.1 Å². The van der Waals surface area contributed by atoms with Gasteiger partial charge < -0.3 is 23.4 Å². The number of furan rings is 1. The number of hydrogen-bond acceptors (Lipinski definition) is 4. The van der Waals surface area contributed by atoms with Gasteiger partial charge in [0.15, 0.2) is 0 Å². The van der Waals surface area contributed by atoms with E-state index in [2.05, 4.69) is 4.57 Å². The highest BCUT2D eigenvalue weighted by atomic mass is 16.5. The van der Waals surface area contributed by atoms with Gasteiger partial charge in [-0.15, -0.1) is 0 Å². The molecular formula is C24H28N2O4. The molecule has 1 aliphatic heterocycles. The molecule has 6 nitrogen and oxygen atoms in total. The molecule has 2 aromatic heterocycles. The van der Waals surface area contributed by atoms with Crippen LogP contribution in [0.1, 0.15) is 52.0 Å². The molecule has 0 N–H and O–H groups in total. The zero-order valence-electron chi connectivity index (χ0n) is 18.0. The van der Waals surface area contributed by atoms with E-state index in [1.54, 1.807) is 20.5 Å². The standard InChI is InChI=1S/C24H28N2O4/c1-16-13-20(17(2)26(16)15-19-7-6-12-30-19)24(27)25-11-5-8-22(25)21-14-18(28-3)9-10-23(21)29-4/h6-7,9-10,12-14,22H,5,8,11,15H2,1-4H3/t22-/m0/s1. The predicted octanol–water partition coefficient (Wildman–Crippen LogP) is 4.74. The molecule has 1 amide bonds. The van der Waals surface area contributed by atoms with E-state index >= 15 is 0 Å². The number of hydrogen-bond donors (Lipinski definition) is 0. The Bertz CT molecular complexity index is 1040. The SMILES string of the molecule is COc1ccc(OC)c([C@@H]2CCCN2C(=O)c2cc(C)n(Cc3ccco3)c2C)c1. The Morgan fingerprint density at radius 2 is 2.00 bits per heavy atom. The number of carbonyl (C=O) groups is 1. The summed E-state index contributed by atoms with van der Waals surface area (Å²) in [7, 11) is 3.31. The molecule has 1 aliphatic rings. The van der Waals surface area contributed by atoms with Crippen molar-refractivity contribution in [2.24, 2.45) is 0 Å². The lowest BCUT2D eigenvalue weighted by molar-refractivity contribution is 0.0733.